The van der Waals surface area contributed by atoms with Crippen LogP contribution in [0, 0.1) is 11.3 Å². The molecule has 11 heteroatoms. The molecule has 0 fully saturated rings. The number of amides is 1. The van der Waals surface area contributed by atoms with Gasteiger partial charge in [0, 0.05) is 17.1 Å². The van der Waals surface area contributed by atoms with E-state index in [0.29, 0.717) is 56.9 Å². The topological polar surface area (TPSA) is 142 Å². The summed E-state index contributed by atoms with van der Waals surface area (Å²) in [5, 5.41) is 15.4. The number of rotatable bonds is 13. The van der Waals surface area contributed by atoms with Crippen LogP contribution in [0.5, 0.6) is 0 Å². The van der Waals surface area contributed by atoms with E-state index in [1.54, 1.807) is 18.2 Å². The smallest absolute Gasteiger partial charge is 0.226 e. The molecule has 0 radical (unpaired) electrons. The van der Waals surface area contributed by atoms with Crippen molar-refractivity contribution in [1.82, 2.24) is 4.98 Å². The van der Waals surface area contributed by atoms with E-state index in [-0.39, 0.29) is 12.3 Å². The minimum atomic E-state index is -0.154. The largest absolute Gasteiger partial charge is 0.379 e. The molecule has 1 aromatic carbocycles. The van der Waals surface area contributed by atoms with E-state index in [1.807, 2.05) is 6.07 Å². The molecule has 0 unspecified atom stereocenters. The number of hydrogen-bond donors (Lipinski definition) is 1. The minimum Gasteiger partial charge on any atom is -0.379 e. The Kier molecular flexibility index (Phi) is 9.71. The number of nitrogens with zero attached hydrogens (tertiary/aromatic N) is 5. The van der Waals surface area contributed by atoms with Crippen LogP contribution in [0.2, 0.25) is 0 Å². The summed E-state index contributed by atoms with van der Waals surface area (Å²) < 4.78 is 16.7. The summed E-state index contributed by atoms with van der Waals surface area (Å²) >= 11 is 1.29. The second kappa shape index (κ2) is 12.6. The first kappa shape index (κ1) is 21.6. The Labute approximate surface area is 165 Å². The molecule has 0 aliphatic heterocycles. The van der Waals surface area contributed by atoms with Gasteiger partial charge in [-0.2, -0.15) is 5.26 Å². The van der Waals surface area contributed by atoms with E-state index in [4.69, 9.17) is 25.0 Å². The molecule has 0 atom stereocenters. The first-order chi connectivity index (χ1) is 13.7. The molecule has 0 aliphatic carbocycles. The standard InChI is InChI=1S/C17H20N6O4S/c18-12-17-22-14-2-1-13(11-15(14)28-17)21-16(24)3-5-25-7-9-27-10-8-26-6-4-20-23-19/h1-2,11H,3-10H2,(H,21,24). The lowest BCUT2D eigenvalue weighted by Crippen LogP contribution is -2.15. The molecule has 1 heterocycles. The number of fused-ring (bicyclic) bond motifs is 1. The number of nitrogens with one attached hydrogen (secondary N) is 1. The maximum atomic E-state index is 12.0. The van der Waals surface area contributed by atoms with Gasteiger partial charge in [0.1, 0.15) is 6.07 Å². The van der Waals surface area contributed by atoms with Crippen LogP contribution in [0.1, 0.15) is 11.4 Å². The molecule has 0 spiro atoms. The summed E-state index contributed by atoms with van der Waals surface area (Å²) in [4.78, 5) is 18.7. The maximum Gasteiger partial charge on any atom is 0.226 e. The summed E-state index contributed by atoms with van der Waals surface area (Å²) in [6.07, 6.45) is 0.229. The van der Waals surface area contributed by atoms with Crippen molar-refractivity contribution in [2.75, 3.05) is 51.5 Å². The van der Waals surface area contributed by atoms with Gasteiger partial charge < -0.3 is 19.5 Å². The fourth-order valence-electron chi connectivity index (χ4n) is 2.13. The predicted octanol–water partition coefficient (Wildman–Crippen LogP) is 2.86. The van der Waals surface area contributed by atoms with Gasteiger partial charge in [-0.25, -0.2) is 4.98 Å². The number of azide groups is 1. The van der Waals surface area contributed by atoms with Gasteiger partial charge in [-0.15, -0.1) is 11.3 Å². The molecule has 0 saturated carbocycles. The number of aromatic nitrogens is 1. The molecular weight excluding hydrogens is 384 g/mol. The molecule has 2 aromatic rings. The third-order valence-corrected chi connectivity index (χ3v) is 4.31. The van der Waals surface area contributed by atoms with Gasteiger partial charge in [-0.05, 0) is 23.7 Å². The van der Waals surface area contributed by atoms with Crippen LogP contribution >= 0.6 is 11.3 Å². The van der Waals surface area contributed by atoms with Crippen molar-refractivity contribution in [3.05, 3.63) is 33.6 Å². The number of ether oxygens (including phenoxy) is 3. The van der Waals surface area contributed by atoms with E-state index in [0.717, 1.165) is 10.2 Å². The van der Waals surface area contributed by atoms with Crippen LogP contribution in [0.15, 0.2) is 23.3 Å². The number of carbonyl (C=O) groups is 1. The first-order valence-corrected chi connectivity index (χ1v) is 9.39. The van der Waals surface area contributed by atoms with E-state index < -0.39 is 0 Å². The van der Waals surface area contributed by atoms with Gasteiger partial charge in [0.2, 0.25) is 5.91 Å². The van der Waals surface area contributed by atoms with Crippen LogP contribution in [-0.2, 0) is 19.0 Å². The zero-order valence-electron chi connectivity index (χ0n) is 15.2. The highest BCUT2D eigenvalue weighted by Gasteiger charge is 2.06. The SMILES string of the molecule is N#Cc1nc2ccc(NC(=O)CCOCCOCCOCCN=[N+]=[N-])cc2s1. The average Bonchev–Trinajstić information content (AvgIpc) is 3.11. The molecular formula is C17H20N6O4S. The predicted molar refractivity (Wildman–Crippen MR) is 104 cm³/mol. The Morgan fingerprint density at radius 2 is 1.93 bits per heavy atom. The highest BCUT2D eigenvalue weighted by molar-refractivity contribution is 7.19. The molecule has 1 N–H and O–H groups in total. The van der Waals surface area contributed by atoms with E-state index >= 15 is 0 Å². The quantitative estimate of drug-likeness (QED) is 0.235. The zero-order chi connectivity index (χ0) is 20.0. The number of hydrogen-bond acceptors (Lipinski definition) is 8. The second-order valence-corrected chi connectivity index (χ2v) is 6.43. The Hall–Kier alpha value is -2.74. The lowest BCUT2D eigenvalue weighted by atomic mass is 10.3. The van der Waals surface area contributed by atoms with Crippen LogP contribution in [-0.4, -0.2) is 57.1 Å². The van der Waals surface area contributed by atoms with Crippen molar-refractivity contribution in [2.24, 2.45) is 5.11 Å². The number of carbonyl (C=O) groups excluding carboxylic acids is 1. The lowest BCUT2D eigenvalue weighted by Gasteiger charge is -2.07. The molecule has 28 heavy (non-hydrogen) atoms. The fraction of sp³-hybridized carbons (Fsp3) is 0.471. The maximum absolute atomic E-state index is 12.0. The van der Waals surface area contributed by atoms with Crippen molar-refractivity contribution < 1.29 is 19.0 Å². The van der Waals surface area contributed by atoms with Crippen molar-refractivity contribution in [3.8, 4) is 6.07 Å². The van der Waals surface area contributed by atoms with Crippen molar-refractivity contribution in [3.63, 3.8) is 0 Å². The van der Waals surface area contributed by atoms with E-state index in [2.05, 4.69) is 20.3 Å². The van der Waals surface area contributed by atoms with Crippen LogP contribution in [0.25, 0.3) is 20.7 Å². The number of nitriles is 1. The van der Waals surface area contributed by atoms with Crippen LogP contribution in [0.4, 0.5) is 5.69 Å². The molecule has 0 saturated heterocycles. The Bertz CT molecular complexity index is 859. The van der Waals surface area contributed by atoms with E-state index in [1.165, 1.54) is 11.3 Å². The fourth-order valence-corrected chi connectivity index (χ4v) is 2.93. The molecule has 148 valence electrons. The summed E-state index contributed by atoms with van der Waals surface area (Å²) in [5.74, 6) is -0.154. The molecule has 0 bridgehead atoms. The van der Waals surface area contributed by atoms with Gasteiger partial charge >= 0.3 is 0 Å². The molecule has 2 rings (SSSR count). The van der Waals surface area contributed by atoms with Gasteiger partial charge in [0.15, 0.2) is 5.01 Å². The molecule has 1 amide bonds. The summed E-state index contributed by atoms with van der Waals surface area (Å²) in [6, 6.07) is 7.34. The number of benzene rings is 1. The van der Waals surface area contributed by atoms with Gasteiger partial charge in [0.25, 0.3) is 0 Å². The Balaban J connectivity index is 1.52. The third-order valence-electron chi connectivity index (χ3n) is 3.38. The number of thiazole rings is 1. The van der Waals surface area contributed by atoms with Crippen molar-refractivity contribution in [1.29, 1.82) is 5.26 Å². The van der Waals surface area contributed by atoms with E-state index in [9.17, 15) is 4.79 Å². The summed E-state index contributed by atoms with van der Waals surface area (Å²) in [7, 11) is 0. The van der Waals surface area contributed by atoms with Crippen molar-refractivity contribution >= 4 is 33.1 Å². The average molecular weight is 404 g/mol. The van der Waals surface area contributed by atoms with Crippen molar-refractivity contribution in [2.45, 2.75) is 6.42 Å². The monoisotopic (exact) mass is 404 g/mol. The van der Waals surface area contributed by atoms with Crippen LogP contribution < -0.4 is 5.32 Å². The van der Waals surface area contributed by atoms with Crippen LogP contribution in [0.3, 0.4) is 0 Å². The zero-order valence-corrected chi connectivity index (χ0v) is 16.0. The summed E-state index contributed by atoms with van der Waals surface area (Å²) in [5.41, 5.74) is 9.49. The lowest BCUT2D eigenvalue weighted by molar-refractivity contribution is -0.117. The third kappa shape index (κ3) is 7.87. The van der Waals surface area contributed by atoms with Gasteiger partial charge in [-0.1, -0.05) is 5.11 Å². The highest BCUT2D eigenvalue weighted by atomic mass is 32.1. The van der Waals surface area contributed by atoms with Gasteiger partial charge in [-0.3, -0.25) is 4.79 Å². The first-order valence-electron chi connectivity index (χ1n) is 8.57. The second-order valence-electron chi connectivity index (χ2n) is 5.40. The Morgan fingerprint density at radius 1 is 1.21 bits per heavy atom. The Morgan fingerprint density at radius 3 is 2.64 bits per heavy atom. The highest BCUT2D eigenvalue weighted by Crippen LogP contribution is 2.24. The normalized spacial score (nSPS) is 10.4. The molecule has 0 aliphatic rings. The molecule has 1 aromatic heterocycles. The minimum absolute atomic E-state index is 0.154. The molecule has 10 nitrogen and oxygen atoms in total. The van der Waals surface area contributed by atoms with Gasteiger partial charge in [0.05, 0.1) is 56.3 Å². The summed E-state index contributed by atoms with van der Waals surface area (Å²) in [6.45, 7) is 2.60. The number of anilines is 1.